The zero-order valence-electron chi connectivity index (χ0n) is 20.2. The number of methoxy groups -OCH3 is 1. The van der Waals surface area contributed by atoms with Gasteiger partial charge < -0.3 is 9.47 Å². The van der Waals surface area contributed by atoms with Gasteiger partial charge in [-0.15, -0.1) is 11.3 Å². The predicted octanol–water partition coefficient (Wildman–Crippen LogP) is 6.33. The first-order valence-electron chi connectivity index (χ1n) is 11.6. The van der Waals surface area contributed by atoms with Crippen LogP contribution in [-0.2, 0) is 17.8 Å². The van der Waals surface area contributed by atoms with Crippen molar-refractivity contribution in [3.05, 3.63) is 79.9 Å². The lowest BCUT2D eigenvalue weighted by Gasteiger charge is -2.32. The van der Waals surface area contributed by atoms with Gasteiger partial charge in [-0.05, 0) is 67.4 Å². The van der Waals surface area contributed by atoms with E-state index in [4.69, 9.17) is 26.1 Å². The summed E-state index contributed by atoms with van der Waals surface area (Å²) in [6.45, 7) is 4.65. The summed E-state index contributed by atoms with van der Waals surface area (Å²) in [6.07, 6.45) is 1.52. The third-order valence-electron chi connectivity index (χ3n) is 6.56. The Bertz CT molecular complexity index is 1500. The molecule has 0 radical (unpaired) electrons. The van der Waals surface area contributed by atoms with Crippen LogP contribution in [0.2, 0.25) is 5.02 Å². The first-order valence-corrected chi connectivity index (χ1v) is 13.8. The van der Waals surface area contributed by atoms with Crippen LogP contribution in [0.1, 0.15) is 41.1 Å². The summed E-state index contributed by atoms with van der Waals surface area (Å²) in [5, 5.41) is 1.68. The van der Waals surface area contributed by atoms with Gasteiger partial charge in [0.1, 0.15) is 10.6 Å². The molecule has 6 nitrogen and oxygen atoms in total. The topological polar surface area (TPSA) is 70.4 Å². The van der Waals surface area contributed by atoms with Gasteiger partial charge in [-0.25, -0.2) is 4.98 Å². The van der Waals surface area contributed by atoms with Gasteiger partial charge in [-0.3, -0.25) is 14.2 Å². The van der Waals surface area contributed by atoms with Crippen LogP contribution in [0, 0.1) is 0 Å². The summed E-state index contributed by atoms with van der Waals surface area (Å²) in [6, 6.07) is 14.1. The maximum atomic E-state index is 14.0. The smallest absolute Gasteiger partial charge is 0.267 e. The second-order valence-electron chi connectivity index (χ2n) is 8.90. The second-order valence-corrected chi connectivity index (χ2v) is 11.4. The number of carbonyl (C=O) groups excluding carboxylic acids is 1. The first kappa shape index (κ1) is 25.0. The van der Waals surface area contributed by atoms with E-state index in [9.17, 15) is 9.59 Å². The maximum absolute atomic E-state index is 14.0. The fourth-order valence-corrected chi connectivity index (χ4v) is 6.41. The molecule has 2 aromatic heterocycles. The Labute approximate surface area is 222 Å². The van der Waals surface area contributed by atoms with E-state index in [0.29, 0.717) is 50.4 Å². The highest BCUT2D eigenvalue weighted by molar-refractivity contribution is 7.99. The number of ketones is 1. The third-order valence-corrected chi connectivity index (χ3v) is 8.85. The molecular formula is C27H25ClN2O4S2. The van der Waals surface area contributed by atoms with Crippen LogP contribution in [0.4, 0.5) is 0 Å². The van der Waals surface area contributed by atoms with Gasteiger partial charge in [-0.2, -0.15) is 0 Å². The fourth-order valence-electron chi connectivity index (χ4n) is 4.23. The number of hydrogen-bond donors (Lipinski definition) is 0. The molecule has 0 unspecified atom stereocenters. The van der Waals surface area contributed by atoms with Crippen molar-refractivity contribution in [2.24, 2.45) is 0 Å². The lowest BCUT2D eigenvalue weighted by Crippen LogP contribution is -2.34. The zero-order chi connectivity index (χ0) is 25.4. The maximum Gasteiger partial charge on any atom is 0.267 e. The molecule has 0 bridgehead atoms. The lowest BCUT2D eigenvalue weighted by atomic mass is 9.90. The number of rotatable bonds is 7. The summed E-state index contributed by atoms with van der Waals surface area (Å²) in [5.41, 5.74) is 1.82. The van der Waals surface area contributed by atoms with Crippen molar-refractivity contribution < 1.29 is 14.3 Å². The van der Waals surface area contributed by atoms with Crippen molar-refractivity contribution in [3.8, 4) is 11.4 Å². The molecule has 0 aliphatic carbocycles. The van der Waals surface area contributed by atoms with Crippen molar-refractivity contribution in [2.75, 3.05) is 12.9 Å². The molecule has 1 aliphatic heterocycles. The molecule has 0 saturated heterocycles. The molecule has 0 amide bonds. The van der Waals surface area contributed by atoms with E-state index >= 15 is 0 Å². The van der Waals surface area contributed by atoms with E-state index in [1.807, 2.05) is 24.3 Å². The molecule has 0 spiro atoms. The van der Waals surface area contributed by atoms with E-state index < -0.39 is 0 Å². The Kier molecular flexibility index (Phi) is 6.96. The number of thiophene rings is 1. The minimum atomic E-state index is -0.309. The summed E-state index contributed by atoms with van der Waals surface area (Å²) >= 11 is 8.71. The number of hydrogen-bond acceptors (Lipinski definition) is 7. The molecule has 186 valence electrons. The van der Waals surface area contributed by atoms with Gasteiger partial charge in [0.25, 0.3) is 5.56 Å². The van der Waals surface area contributed by atoms with Gasteiger partial charge in [0.05, 0.1) is 36.1 Å². The largest absolute Gasteiger partial charge is 0.497 e. The number of fused-ring (bicyclic) bond motifs is 3. The summed E-state index contributed by atoms with van der Waals surface area (Å²) in [5.74, 6) is 0.763. The number of thioether (sulfide) groups is 1. The Morgan fingerprint density at radius 1 is 1.22 bits per heavy atom. The summed E-state index contributed by atoms with van der Waals surface area (Å²) < 4.78 is 13.0. The summed E-state index contributed by atoms with van der Waals surface area (Å²) in [4.78, 5) is 33.5. The van der Waals surface area contributed by atoms with E-state index in [-0.39, 0.29) is 22.7 Å². The van der Waals surface area contributed by atoms with Crippen molar-refractivity contribution >= 4 is 50.7 Å². The molecule has 1 atom stereocenters. The Balaban J connectivity index is 1.60. The molecule has 9 heteroatoms. The number of nitrogens with zero attached hydrogens (tertiary/aromatic N) is 2. The van der Waals surface area contributed by atoms with E-state index in [1.54, 1.807) is 35.9 Å². The normalized spacial score (nSPS) is 17.2. The van der Waals surface area contributed by atoms with Crippen molar-refractivity contribution in [1.82, 2.24) is 9.55 Å². The Hall–Kier alpha value is -2.65. The minimum absolute atomic E-state index is 0.0649. The molecule has 0 N–H and O–H groups in total. The Morgan fingerprint density at radius 3 is 2.61 bits per heavy atom. The molecule has 1 aliphatic rings. The zero-order valence-corrected chi connectivity index (χ0v) is 22.6. The van der Waals surface area contributed by atoms with Crippen LogP contribution in [0.15, 0.2) is 58.5 Å². The fraction of sp³-hybridized carbons (Fsp3) is 0.296. The predicted molar refractivity (Wildman–Crippen MR) is 145 cm³/mol. The lowest BCUT2D eigenvalue weighted by molar-refractivity contribution is -0.0543. The number of aromatic nitrogens is 2. The number of ether oxygens (including phenoxy) is 2. The van der Waals surface area contributed by atoms with Crippen molar-refractivity contribution in [1.29, 1.82) is 0 Å². The van der Waals surface area contributed by atoms with Crippen LogP contribution in [0.3, 0.4) is 0 Å². The van der Waals surface area contributed by atoms with E-state index in [2.05, 4.69) is 13.8 Å². The molecule has 4 aromatic rings. The highest BCUT2D eigenvalue weighted by atomic mass is 35.5. The number of benzene rings is 2. The monoisotopic (exact) mass is 540 g/mol. The second kappa shape index (κ2) is 10.0. The van der Waals surface area contributed by atoms with Gasteiger partial charge >= 0.3 is 0 Å². The molecule has 36 heavy (non-hydrogen) atoms. The van der Waals surface area contributed by atoms with Crippen LogP contribution < -0.4 is 10.3 Å². The number of carbonyl (C=O) groups is 1. The quantitative estimate of drug-likeness (QED) is 0.155. The number of Topliss-reactive ketones (excluding diaryl/α,β-unsaturated/α-hetero) is 1. The Morgan fingerprint density at radius 2 is 1.94 bits per heavy atom. The molecule has 3 heterocycles. The molecular weight excluding hydrogens is 516 g/mol. The minimum Gasteiger partial charge on any atom is -0.497 e. The van der Waals surface area contributed by atoms with Crippen LogP contribution in [0.5, 0.6) is 5.75 Å². The van der Waals surface area contributed by atoms with Gasteiger partial charge in [0.15, 0.2) is 10.9 Å². The SMILES string of the molecule is CC[C@]1(C)Cc2c(sc3nc(SCC(=O)c4ccc(Cl)cc4)n(-c4ccc(OC)cc4)c(=O)c23)CO1. The van der Waals surface area contributed by atoms with Crippen molar-refractivity contribution in [2.45, 2.75) is 44.1 Å². The van der Waals surface area contributed by atoms with Gasteiger partial charge in [0, 0.05) is 21.9 Å². The molecule has 5 rings (SSSR count). The molecule has 0 saturated carbocycles. The standard InChI is InChI=1S/C27H25ClN2O4S2/c1-4-27(2)13-20-22(14-34-27)36-24-23(20)25(32)30(18-9-11-19(33-3)12-10-18)26(29-24)35-15-21(31)16-5-7-17(28)8-6-16/h5-12H,4,13-15H2,1-3H3/t27-/m1/s1. The average Bonchev–Trinajstić information content (AvgIpc) is 3.25. The van der Waals surface area contributed by atoms with Crippen LogP contribution in [-0.4, -0.2) is 33.8 Å². The highest BCUT2D eigenvalue weighted by Gasteiger charge is 2.33. The van der Waals surface area contributed by atoms with Gasteiger partial charge in [-0.1, -0.05) is 30.3 Å². The van der Waals surface area contributed by atoms with Crippen molar-refractivity contribution in [3.63, 3.8) is 0 Å². The number of halogens is 1. The van der Waals surface area contributed by atoms with Gasteiger partial charge in [0.2, 0.25) is 0 Å². The van der Waals surface area contributed by atoms with Crippen LogP contribution >= 0.6 is 34.7 Å². The molecule has 0 fully saturated rings. The molecule has 2 aromatic carbocycles. The first-order chi connectivity index (χ1) is 17.3. The highest BCUT2D eigenvalue weighted by Crippen LogP contribution is 2.39. The average molecular weight is 541 g/mol. The third kappa shape index (κ3) is 4.70. The van der Waals surface area contributed by atoms with E-state index in [0.717, 1.165) is 16.9 Å². The van der Waals surface area contributed by atoms with Crippen LogP contribution in [0.25, 0.3) is 15.9 Å². The summed E-state index contributed by atoms with van der Waals surface area (Å²) in [7, 11) is 1.60. The van der Waals surface area contributed by atoms with E-state index in [1.165, 1.54) is 23.1 Å².